The normalized spacial score (nSPS) is 20.8. The van der Waals surface area contributed by atoms with Crippen LogP contribution in [0.15, 0.2) is 47.4 Å². The fraction of sp³-hybridized carbons (Fsp3) is 0.346. The first kappa shape index (κ1) is 24.8. The number of aromatic nitrogens is 2. The number of hydrogen-bond acceptors (Lipinski definition) is 7. The van der Waals surface area contributed by atoms with E-state index in [0.29, 0.717) is 19.2 Å². The smallest absolute Gasteiger partial charge is 0.434 e. The van der Waals surface area contributed by atoms with Gasteiger partial charge in [-0.25, -0.2) is 22.9 Å². The van der Waals surface area contributed by atoms with E-state index in [1.54, 1.807) is 6.92 Å². The first-order valence-electron chi connectivity index (χ1n) is 12.0. The third-order valence-electron chi connectivity index (χ3n) is 6.87. The Morgan fingerprint density at radius 2 is 2.00 bits per heavy atom. The van der Waals surface area contributed by atoms with Crippen LogP contribution in [0.5, 0.6) is 5.75 Å². The summed E-state index contributed by atoms with van der Waals surface area (Å²) in [5, 5.41) is 3.04. The molecule has 3 heterocycles. The standard InChI is InChI=1S/C26H25F3N4O4/c1-3-36-26(35)37-22-13-33(21-8-7-15(27)9-18(21)28)24-16(23(22)34)10-19(29)25(31-24)32-11-14-5-4-6-20(30-2)17(14)12-32/h4,6-10,13-14,17,20,30H,3,5,11-12H2,1-2H3. The van der Waals surface area contributed by atoms with Gasteiger partial charge in [-0.2, -0.15) is 0 Å². The lowest BCUT2D eigenvalue weighted by atomic mass is 9.82. The molecule has 1 fully saturated rings. The first-order chi connectivity index (χ1) is 17.8. The van der Waals surface area contributed by atoms with Crippen LogP contribution >= 0.6 is 0 Å². The van der Waals surface area contributed by atoms with Crippen molar-refractivity contribution in [3.05, 3.63) is 70.3 Å². The second-order valence-electron chi connectivity index (χ2n) is 9.05. The number of hydrogen-bond donors (Lipinski definition) is 1. The van der Waals surface area contributed by atoms with E-state index in [2.05, 4.69) is 22.5 Å². The molecule has 1 aromatic carbocycles. The number of pyridine rings is 2. The van der Waals surface area contributed by atoms with Crippen molar-refractivity contribution < 1.29 is 27.4 Å². The predicted molar refractivity (Wildman–Crippen MR) is 131 cm³/mol. The summed E-state index contributed by atoms with van der Waals surface area (Å²) < 4.78 is 54.8. The molecule has 1 N–H and O–H groups in total. The number of carbonyl (C=O) groups is 1. The summed E-state index contributed by atoms with van der Waals surface area (Å²) in [6.07, 6.45) is 4.99. The monoisotopic (exact) mass is 514 g/mol. The van der Waals surface area contributed by atoms with Crippen LogP contribution in [0.1, 0.15) is 13.3 Å². The van der Waals surface area contributed by atoms with Gasteiger partial charge in [0.2, 0.25) is 5.43 Å². The molecular weight excluding hydrogens is 489 g/mol. The summed E-state index contributed by atoms with van der Waals surface area (Å²) in [6, 6.07) is 4.01. The summed E-state index contributed by atoms with van der Waals surface area (Å²) in [4.78, 5) is 31.3. The second kappa shape index (κ2) is 9.89. The Morgan fingerprint density at radius 1 is 1.19 bits per heavy atom. The van der Waals surface area contributed by atoms with Crippen LogP contribution in [-0.4, -0.2) is 48.5 Å². The molecule has 1 saturated heterocycles. The van der Waals surface area contributed by atoms with Crippen molar-refractivity contribution in [2.24, 2.45) is 11.8 Å². The summed E-state index contributed by atoms with van der Waals surface area (Å²) in [5.41, 5.74) is -1.06. The highest BCUT2D eigenvalue weighted by atomic mass is 19.1. The Hall–Kier alpha value is -3.86. The molecule has 2 aromatic heterocycles. The molecule has 37 heavy (non-hydrogen) atoms. The SMILES string of the molecule is CCOC(=O)Oc1cn(-c2ccc(F)cc2F)c2nc(N3CC4CC=CC(NC)C4C3)c(F)cc2c1=O. The van der Waals surface area contributed by atoms with Crippen molar-refractivity contribution in [1.82, 2.24) is 14.9 Å². The summed E-state index contributed by atoms with van der Waals surface area (Å²) in [7, 11) is 1.88. The zero-order chi connectivity index (χ0) is 26.3. The number of halogens is 3. The van der Waals surface area contributed by atoms with Crippen molar-refractivity contribution >= 4 is 23.0 Å². The topological polar surface area (TPSA) is 85.7 Å². The fourth-order valence-electron chi connectivity index (χ4n) is 5.16. The lowest BCUT2D eigenvalue weighted by Gasteiger charge is -2.28. The van der Waals surface area contributed by atoms with Crippen LogP contribution in [0.2, 0.25) is 0 Å². The lowest BCUT2D eigenvalue weighted by Crippen LogP contribution is -2.38. The molecule has 5 rings (SSSR count). The van der Waals surface area contributed by atoms with E-state index in [4.69, 9.17) is 9.47 Å². The van der Waals surface area contributed by atoms with E-state index in [0.717, 1.165) is 35.4 Å². The number of anilines is 1. The Bertz CT molecular complexity index is 1460. The molecule has 3 unspecified atom stereocenters. The van der Waals surface area contributed by atoms with Crippen molar-refractivity contribution in [2.75, 3.05) is 31.6 Å². The number of benzene rings is 1. The Balaban J connectivity index is 1.66. The quantitative estimate of drug-likeness (QED) is 0.408. The average molecular weight is 515 g/mol. The largest absolute Gasteiger partial charge is 0.514 e. The van der Waals surface area contributed by atoms with Crippen LogP contribution < -0.4 is 20.4 Å². The molecular formula is C26H25F3N4O4. The van der Waals surface area contributed by atoms with Crippen molar-refractivity contribution in [1.29, 1.82) is 0 Å². The predicted octanol–water partition coefficient (Wildman–Crippen LogP) is 3.94. The van der Waals surface area contributed by atoms with Crippen LogP contribution in [0, 0.1) is 29.3 Å². The molecule has 11 heteroatoms. The molecule has 3 atom stereocenters. The highest BCUT2D eigenvalue weighted by Gasteiger charge is 2.39. The minimum Gasteiger partial charge on any atom is -0.434 e. The Kier molecular flexibility index (Phi) is 6.63. The van der Waals surface area contributed by atoms with Crippen molar-refractivity contribution in [3.8, 4) is 11.4 Å². The van der Waals surface area contributed by atoms with Crippen molar-refractivity contribution in [3.63, 3.8) is 0 Å². The van der Waals surface area contributed by atoms with E-state index in [1.807, 2.05) is 11.9 Å². The molecule has 8 nitrogen and oxygen atoms in total. The molecule has 0 radical (unpaired) electrons. The highest BCUT2D eigenvalue weighted by Crippen LogP contribution is 2.36. The Labute approximate surface area is 210 Å². The van der Waals surface area contributed by atoms with Gasteiger partial charge in [0.25, 0.3) is 0 Å². The zero-order valence-corrected chi connectivity index (χ0v) is 20.2. The number of allylic oxidation sites excluding steroid dienone is 1. The number of nitrogens with one attached hydrogen (secondary N) is 1. The van der Waals surface area contributed by atoms with E-state index >= 15 is 4.39 Å². The molecule has 0 bridgehead atoms. The number of nitrogens with zero attached hydrogens (tertiary/aromatic N) is 3. The van der Waals surface area contributed by atoms with Gasteiger partial charge in [-0.1, -0.05) is 12.2 Å². The van der Waals surface area contributed by atoms with Gasteiger partial charge >= 0.3 is 6.16 Å². The van der Waals surface area contributed by atoms with Gasteiger partial charge in [0.1, 0.15) is 11.6 Å². The fourth-order valence-corrected chi connectivity index (χ4v) is 5.16. The maximum absolute atomic E-state index is 15.4. The number of rotatable bonds is 5. The van der Waals surface area contributed by atoms with Crippen LogP contribution in [0.4, 0.5) is 23.8 Å². The maximum atomic E-state index is 15.4. The van der Waals surface area contributed by atoms with Gasteiger partial charge in [-0.05, 0) is 44.5 Å². The molecule has 3 aromatic rings. The van der Waals surface area contributed by atoms with Crippen LogP contribution in [0.25, 0.3) is 16.7 Å². The van der Waals surface area contributed by atoms with Gasteiger partial charge in [0, 0.05) is 31.1 Å². The van der Waals surface area contributed by atoms with E-state index in [1.165, 1.54) is 0 Å². The molecule has 2 aliphatic rings. The first-order valence-corrected chi connectivity index (χ1v) is 12.0. The second-order valence-corrected chi connectivity index (χ2v) is 9.05. The Morgan fingerprint density at radius 3 is 2.73 bits per heavy atom. The summed E-state index contributed by atoms with van der Waals surface area (Å²) >= 11 is 0. The lowest BCUT2D eigenvalue weighted by molar-refractivity contribution is 0.104. The van der Waals surface area contributed by atoms with E-state index < -0.39 is 34.8 Å². The molecule has 194 valence electrons. The van der Waals surface area contributed by atoms with Gasteiger partial charge in [0.15, 0.2) is 23.0 Å². The number of likely N-dealkylation sites (N-methyl/N-ethyl adjacent to an activating group) is 1. The molecule has 0 saturated carbocycles. The molecule has 0 spiro atoms. The highest BCUT2D eigenvalue weighted by molar-refractivity contribution is 5.81. The average Bonchev–Trinajstić information content (AvgIpc) is 3.30. The molecule has 1 aliphatic heterocycles. The minimum absolute atomic E-state index is 0.00547. The minimum atomic E-state index is -1.15. The van der Waals surface area contributed by atoms with E-state index in [9.17, 15) is 18.4 Å². The van der Waals surface area contributed by atoms with Crippen LogP contribution in [-0.2, 0) is 4.74 Å². The van der Waals surface area contributed by atoms with Gasteiger partial charge in [0.05, 0.1) is 23.9 Å². The van der Waals surface area contributed by atoms with Gasteiger partial charge in [-0.3, -0.25) is 9.36 Å². The number of fused-ring (bicyclic) bond motifs is 2. The zero-order valence-electron chi connectivity index (χ0n) is 20.2. The third kappa shape index (κ3) is 4.55. The number of carbonyl (C=O) groups excluding carboxylic acids is 1. The van der Waals surface area contributed by atoms with Crippen LogP contribution in [0.3, 0.4) is 0 Å². The summed E-state index contributed by atoms with van der Waals surface area (Å²) in [6.45, 7) is 2.64. The third-order valence-corrected chi connectivity index (χ3v) is 6.87. The maximum Gasteiger partial charge on any atom is 0.514 e. The molecule has 1 aliphatic carbocycles. The van der Waals surface area contributed by atoms with Gasteiger partial charge in [-0.15, -0.1) is 0 Å². The van der Waals surface area contributed by atoms with Gasteiger partial charge < -0.3 is 19.7 Å². The van der Waals surface area contributed by atoms with Crippen molar-refractivity contribution in [2.45, 2.75) is 19.4 Å². The number of ether oxygens (including phenoxy) is 2. The molecule has 0 amide bonds. The van der Waals surface area contributed by atoms with E-state index in [-0.39, 0.29) is 47.0 Å². The summed E-state index contributed by atoms with van der Waals surface area (Å²) in [5.74, 6) is -2.46.